The first-order chi connectivity index (χ1) is 11.4. The summed E-state index contributed by atoms with van der Waals surface area (Å²) in [7, 11) is 0. The van der Waals surface area contributed by atoms with E-state index < -0.39 is 11.7 Å². The van der Waals surface area contributed by atoms with E-state index in [1.165, 1.54) is 17.7 Å². The van der Waals surface area contributed by atoms with Gasteiger partial charge in [0.15, 0.2) is 0 Å². The van der Waals surface area contributed by atoms with Crippen LogP contribution in [0.1, 0.15) is 11.1 Å². The number of rotatable bonds is 3. The molecule has 1 aliphatic heterocycles. The third-order valence-corrected chi connectivity index (χ3v) is 4.76. The van der Waals surface area contributed by atoms with E-state index in [2.05, 4.69) is 33.0 Å². The van der Waals surface area contributed by atoms with Crippen LogP contribution in [0.5, 0.6) is 0 Å². The molecule has 0 spiro atoms. The van der Waals surface area contributed by atoms with Crippen molar-refractivity contribution < 1.29 is 13.2 Å². The van der Waals surface area contributed by atoms with Gasteiger partial charge in [-0.3, -0.25) is 4.90 Å². The van der Waals surface area contributed by atoms with E-state index in [0.717, 1.165) is 43.3 Å². The fraction of sp³-hybridized carbons (Fsp3) is 0.333. The van der Waals surface area contributed by atoms with Crippen molar-refractivity contribution in [3.05, 3.63) is 64.1 Å². The third kappa shape index (κ3) is 4.30. The fourth-order valence-electron chi connectivity index (χ4n) is 2.89. The summed E-state index contributed by atoms with van der Waals surface area (Å²) in [4.78, 5) is 4.35. The van der Waals surface area contributed by atoms with Crippen molar-refractivity contribution in [3.8, 4) is 0 Å². The van der Waals surface area contributed by atoms with Gasteiger partial charge in [0, 0.05) is 42.9 Å². The first-order valence-electron chi connectivity index (χ1n) is 7.81. The number of nitrogens with zero attached hydrogens (tertiary/aromatic N) is 2. The normalized spacial score (nSPS) is 16.4. The molecule has 0 unspecified atom stereocenters. The smallest absolute Gasteiger partial charge is 0.369 e. The summed E-state index contributed by atoms with van der Waals surface area (Å²) in [6.45, 7) is 4.01. The molecule has 1 fully saturated rings. The lowest BCUT2D eigenvalue weighted by Crippen LogP contribution is -2.46. The fourth-order valence-corrected chi connectivity index (χ4v) is 3.16. The highest BCUT2D eigenvalue weighted by Gasteiger charge is 2.31. The molecule has 2 aromatic rings. The van der Waals surface area contributed by atoms with Gasteiger partial charge in [-0.25, -0.2) is 0 Å². The van der Waals surface area contributed by atoms with Crippen LogP contribution in [0.15, 0.2) is 53.0 Å². The molecular weight excluding hydrogens is 381 g/mol. The van der Waals surface area contributed by atoms with Gasteiger partial charge >= 0.3 is 6.18 Å². The zero-order valence-corrected chi connectivity index (χ0v) is 14.6. The molecule has 0 N–H and O–H groups in total. The van der Waals surface area contributed by atoms with E-state index in [1.54, 1.807) is 6.07 Å². The Kier molecular flexibility index (Phi) is 5.15. The molecule has 0 aromatic heterocycles. The van der Waals surface area contributed by atoms with Gasteiger partial charge in [0.25, 0.3) is 0 Å². The maximum atomic E-state index is 12.8. The number of hydrogen-bond acceptors (Lipinski definition) is 2. The molecule has 0 radical (unpaired) electrons. The average molecular weight is 399 g/mol. The van der Waals surface area contributed by atoms with Gasteiger partial charge in [0.1, 0.15) is 0 Å². The van der Waals surface area contributed by atoms with Crippen LogP contribution in [0.4, 0.5) is 18.9 Å². The number of anilines is 1. The molecule has 2 nitrogen and oxygen atoms in total. The summed E-state index contributed by atoms with van der Waals surface area (Å²) in [6.07, 6.45) is -4.29. The Hall–Kier alpha value is -1.53. The maximum Gasteiger partial charge on any atom is 0.416 e. The molecule has 0 aliphatic carbocycles. The molecule has 1 aliphatic rings. The highest BCUT2D eigenvalue weighted by Crippen LogP contribution is 2.31. The summed E-state index contributed by atoms with van der Waals surface area (Å²) < 4.78 is 39.6. The standard InChI is InChI=1S/C18H18BrF3N2/c19-16-6-4-14(5-7-16)13-23-8-10-24(11-9-23)17-3-1-2-15(12-17)18(20,21)22/h1-7,12H,8-11,13H2. The molecule has 0 amide bonds. The Balaban J connectivity index is 1.60. The van der Waals surface area contributed by atoms with Crippen molar-refractivity contribution in [2.75, 3.05) is 31.1 Å². The van der Waals surface area contributed by atoms with Crippen LogP contribution in [0.25, 0.3) is 0 Å². The van der Waals surface area contributed by atoms with Crippen molar-refractivity contribution in [2.45, 2.75) is 12.7 Å². The SMILES string of the molecule is FC(F)(F)c1cccc(N2CCN(Cc3ccc(Br)cc3)CC2)c1. The lowest BCUT2D eigenvalue weighted by Gasteiger charge is -2.36. The summed E-state index contributed by atoms with van der Waals surface area (Å²) in [5.74, 6) is 0. The number of benzene rings is 2. The van der Waals surface area contributed by atoms with E-state index in [0.29, 0.717) is 5.69 Å². The zero-order valence-electron chi connectivity index (χ0n) is 13.1. The van der Waals surface area contributed by atoms with Crippen molar-refractivity contribution in [3.63, 3.8) is 0 Å². The van der Waals surface area contributed by atoms with E-state index in [-0.39, 0.29) is 0 Å². The minimum atomic E-state index is -4.29. The highest BCUT2D eigenvalue weighted by molar-refractivity contribution is 9.10. The van der Waals surface area contributed by atoms with Crippen molar-refractivity contribution in [1.82, 2.24) is 4.90 Å². The van der Waals surface area contributed by atoms with Crippen molar-refractivity contribution in [2.24, 2.45) is 0 Å². The molecule has 6 heteroatoms. The first kappa shape index (κ1) is 17.3. The van der Waals surface area contributed by atoms with E-state index in [1.807, 2.05) is 17.0 Å². The van der Waals surface area contributed by atoms with Gasteiger partial charge < -0.3 is 4.90 Å². The van der Waals surface area contributed by atoms with Gasteiger partial charge in [-0.15, -0.1) is 0 Å². The Morgan fingerprint density at radius 3 is 2.21 bits per heavy atom. The quantitative estimate of drug-likeness (QED) is 0.733. The summed E-state index contributed by atoms with van der Waals surface area (Å²) in [6, 6.07) is 13.8. The van der Waals surface area contributed by atoms with Crippen LogP contribution < -0.4 is 4.90 Å². The number of piperazine rings is 1. The summed E-state index contributed by atoms with van der Waals surface area (Å²) in [5.41, 5.74) is 1.30. The Bertz CT molecular complexity index is 677. The van der Waals surface area contributed by atoms with Gasteiger partial charge in [-0.2, -0.15) is 13.2 Å². The highest BCUT2D eigenvalue weighted by atomic mass is 79.9. The van der Waals surface area contributed by atoms with Crippen LogP contribution in [0.2, 0.25) is 0 Å². The molecule has 1 heterocycles. The molecule has 24 heavy (non-hydrogen) atoms. The zero-order chi connectivity index (χ0) is 17.2. The van der Waals surface area contributed by atoms with Gasteiger partial charge in [0.05, 0.1) is 5.56 Å². The minimum absolute atomic E-state index is 0.586. The number of halogens is 4. The second-order valence-corrected chi connectivity index (χ2v) is 6.85. The minimum Gasteiger partial charge on any atom is -0.369 e. The third-order valence-electron chi connectivity index (χ3n) is 4.23. The summed E-state index contributed by atoms with van der Waals surface area (Å²) in [5, 5.41) is 0. The van der Waals surface area contributed by atoms with Crippen LogP contribution in [-0.2, 0) is 12.7 Å². The summed E-state index contributed by atoms with van der Waals surface area (Å²) >= 11 is 3.42. The average Bonchev–Trinajstić information content (AvgIpc) is 2.57. The molecule has 3 rings (SSSR count). The predicted molar refractivity (Wildman–Crippen MR) is 93.1 cm³/mol. The van der Waals surface area contributed by atoms with Gasteiger partial charge in [0.2, 0.25) is 0 Å². The Morgan fingerprint density at radius 1 is 0.917 bits per heavy atom. The van der Waals surface area contributed by atoms with E-state index >= 15 is 0 Å². The van der Waals surface area contributed by atoms with E-state index in [9.17, 15) is 13.2 Å². The molecule has 0 atom stereocenters. The first-order valence-corrected chi connectivity index (χ1v) is 8.60. The molecule has 2 aromatic carbocycles. The molecule has 0 bridgehead atoms. The van der Waals surface area contributed by atoms with E-state index in [4.69, 9.17) is 0 Å². The lowest BCUT2D eigenvalue weighted by atomic mass is 10.1. The number of alkyl halides is 3. The van der Waals surface area contributed by atoms with Crippen LogP contribution in [0.3, 0.4) is 0 Å². The van der Waals surface area contributed by atoms with Crippen LogP contribution in [-0.4, -0.2) is 31.1 Å². The van der Waals surface area contributed by atoms with Gasteiger partial charge in [-0.05, 0) is 35.9 Å². The predicted octanol–water partition coefficient (Wildman–Crippen LogP) is 4.79. The second-order valence-electron chi connectivity index (χ2n) is 5.94. The van der Waals surface area contributed by atoms with Crippen molar-refractivity contribution in [1.29, 1.82) is 0 Å². The topological polar surface area (TPSA) is 6.48 Å². The monoisotopic (exact) mass is 398 g/mol. The molecule has 0 saturated carbocycles. The molecule has 1 saturated heterocycles. The van der Waals surface area contributed by atoms with Crippen LogP contribution >= 0.6 is 15.9 Å². The Morgan fingerprint density at radius 2 is 1.58 bits per heavy atom. The maximum absolute atomic E-state index is 12.8. The van der Waals surface area contributed by atoms with Crippen molar-refractivity contribution >= 4 is 21.6 Å². The lowest BCUT2D eigenvalue weighted by molar-refractivity contribution is -0.137. The molecular formula is C18H18BrF3N2. The number of hydrogen-bond donors (Lipinski definition) is 0. The molecule has 128 valence electrons. The largest absolute Gasteiger partial charge is 0.416 e. The Labute approximate surface area is 148 Å². The van der Waals surface area contributed by atoms with Crippen LogP contribution in [0, 0.1) is 0 Å². The van der Waals surface area contributed by atoms with Gasteiger partial charge in [-0.1, -0.05) is 34.1 Å². The second kappa shape index (κ2) is 7.15.